The minimum Gasteiger partial charge on any atom is -0.295 e. The molecule has 0 radical (unpaired) electrons. The Morgan fingerprint density at radius 1 is 1.04 bits per heavy atom. The first-order valence-corrected chi connectivity index (χ1v) is 7.97. The van der Waals surface area contributed by atoms with Crippen LogP contribution in [0.1, 0.15) is 27.6 Å². The number of Topliss-reactive ketones (excluding diaryl/α,β-unsaturated/α-hetero) is 1. The maximum Gasteiger partial charge on any atom is 0.269 e. The Kier molecular flexibility index (Phi) is 4.87. The molecule has 23 heavy (non-hydrogen) atoms. The van der Waals surface area contributed by atoms with Gasteiger partial charge in [-0.3, -0.25) is 15.0 Å². The van der Waals surface area contributed by atoms with Crippen LogP contribution in [0.3, 0.4) is 0 Å². The van der Waals surface area contributed by atoms with Crippen molar-refractivity contribution in [2.45, 2.75) is 11.8 Å². The molecule has 2 rings (SSSR count). The minimum atomic E-state index is -4.09. The van der Waals surface area contributed by atoms with Crippen molar-refractivity contribution in [1.29, 1.82) is 0 Å². The molecule has 6 nitrogen and oxygen atoms in total. The van der Waals surface area contributed by atoms with Gasteiger partial charge in [0.25, 0.3) is 15.9 Å². The molecule has 120 valence electrons. The first kappa shape index (κ1) is 16.8. The molecule has 8 heteroatoms. The van der Waals surface area contributed by atoms with E-state index >= 15 is 0 Å². The Morgan fingerprint density at radius 2 is 1.74 bits per heavy atom. The summed E-state index contributed by atoms with van der Waals surface area (Å²) in [5, 5.41) is 0. The van der Waals surface area contributed by atoms with Crippen LogP contribution in [0, 0.1) is 5.82 Å². The van der Waals surface area contributed by atoms with E-state index in [0.717, 1.165) is 6.07 Å². The van der Waals surface area contributed by atoms with Gasteiger partial charge in [-0.2, -0.15) is 0 Å². The Hall–Kier alpha value is -2.58. The van der Waals surface area contributed by atoms with Crippen LogP contribution < -0.4 is 10.3 Å². The van der Waals surface area contributed by atoms with Gasteiger partial charge in [0.1, 0.15) is 5.82 Å². The number of hydrogen-bond donors (Lipinski definition) is 2. The van der Waals surface area contributed by atoms with Gasteiger partial charge in [-0.05, 0) is 31.2 Å². The van der Waals surface area contributed by atoms with Crippen molar-refractivity contribution in [2.24, 2.45) is 0 Å². The predicted octanol–water partition coefficient (Wildman–Crippen LogP) is 1.65. The average Bonchev–Trinajstić information content (AvgIpc) is 2.53. The van der Waals surface area contributed by atoms with Gasteiger partial charge in [-0.25, -0.2) is 12.8 Å². The zero-order chi connectivity index (χ0) is 17.0. The van der Waals surface area contributed by atoms with Crippen LogP contribution >= 0.6 is 0 Å². The van der Waals surface area contributed by atoms with Gasteiger partial charge in [0.2, 0.25) is 0 Å². The first-order valence-electron chi connectivity index (χ1n) is 6.49. The summed E-state index contributed by atoms with van der Waals surface area (Å²) in [7, 11) is -4.09. The molecule has 0 unspecified atom stereocenters. The van der Waals surface area contributed by atoms with Crippen molar-refractivity contribution in [3.8, 4) is 0 Å². The maximum absolute atomic E-state index is 13.4. The molecule has 0 aromatic heterocycles. The van der Waals surface area contributed by atoms with Gasteiger partial charge in [0, 0.05) is 5.56 Å². The summed E-state index contributed by atoms with van der Waals surface area (Å²) in [5.74, 6) is -2.00. The van der Waals surface area contributed by atoms with Crippen molar-refractivity contribution in [3.63, 3.8) is 0 Å². The zero-order valence-electron chi connectivity index (χ0n) is 12.0. The number of carbonyl (C=O) groups excluding carboxylic acids is 2. The zero-order valence-corrected chi connectivity index (χ0v) is 12.9. The molecule has 0 saturated heterocycles. The molecule has 1 amide bonds. The van der Waals surface area contributed by atoms with Crippen LogP contribution in [-0.4, -0.2) is 20.1 Å². The highest BCUT2D eigenvalue weighted by Crippen LogP contribution is 2.12. The number of amides is 1. The van der Waals surface area contributed by atoms with Crippen molar-refractivity contribution in [1.82, 2.24) is 10.3 Å². The fraction of sp³-hybridized carbons (Fsp3) is 0.0667. The molecule has 0 fully saturated rings. The highest BCUT2D eigenvalue weighted by atomic mass is 32.2. The van der Waals surface area contributed by atoms with Crippen molar-refractivity contribution >= 4 is 21.7 Å². The summed E-state index contributed by atoms with van der Waals surface area (Å²) >= 11 is 0. The van der Waals surface area contributed by atoms with Gasteiger partial charge in [0.05, 0.1) is 10.5 Å². The van der Waals surface area contributed by atoms with Crippen LogP contribution in [0.15, 0.2) is 53.4 Å². The number of rotatable bonds is 5. The third-order valence-electron chi connectivity index (χ3n) is 2.97. The lowest BCUT2D eigenvalue weighted by atomic mass is 10.2. The summed E-state index contributed by atoms with van der Waals surface area (Å²) in [6.07, 6.45) is 0. The van der Waals surface area contributed by atoms with Crippen LogP contribution in [0.2, 0.25) is 0 Å². The van der Waals surface area contributed by atoms with Gasteiger partial charge in [0.15, 0.2) is 5.78 Å². The lowest BCUT2D eigenvalue weighted by Crippen LogP contribution is -2.41. The summed E-state index contributed by atoms with van der Waals surface area (Å²) in [6, 6.07) is 10.5. The van der Waals surface area contributed by atoms with Crippen molar-refractivity contribution < 1.29 is 22.4 Å². The molecule has 0 bridgehead atoms. The first-order chi connectivity index (χ1) is 10.8. The summed E-state index contributed by atoms with van der Waals surface area (Å²) in [6.45, 7) is 1.30. The SMILES string of the molecule is CC(=O)c1cccc(S(=O)(=O)NNC(=O)c2ccccc2F)c1. The summed E-state index contributed by atoms with van der Waals surface area (Å²) in [4.78, 5) is 24.7. The second kappa shape index (κ2) is 6.67. The molecule has 0 aliphatic heterocycles. The van der Waals surface area contributed by atoms with E-state index in [4.69, 9.17) is 0 Å². The number of hydrazine groups is 1. The minimum absolute atomic E-state index is 0.195. The quantitative estimate of drug-likeness (QED) is 0.641. The van der Waals surface area contributed by atoms with Gasteiger partial charge >= 0.3 is 0 Å². The lowest BCUT2D eigenvalue weighted by molar-refractivity contribution is 0.0940. The van der Waals surface area contributed by atoms with Crippen molar-refractivity contribution in [3.05, 3.63) is 65.5 Å². The van der Waals surface area contributed by atoms with Crippen LogP contribution in [0.5, 0.6) is 0 Å². The highest BCUT2D eigenvalue weighted by Gasteiger charge is 2.18. The lowest BCUT2D eigenvalue weighted by Gasteiger charge is -2.09. The Labute approximate surface area is 132 Å². The van der Waals surface area contributed by atoms with Crippen LogP contribution in [0.25, 0.3) is 0 Å². The second-order valence-electron chi connectivity index (χ2n) is 4.62. The van der Waals surface area contributed by atoms with E-state index in [1.807, 2.05) is 10.3 Å². The van der Waals surface area contributed by atoms with E-state index in [-0.39, 0.29) is 21.8 Å². The number of ketones is 1. The monoisotopic (exact) mass is 336 g/mol. The fourth-order valence-electron chi connectivity index (χ4n) is 1.77. The van der Waals surface area contributed by atoms with Gasteiger partial charge < -0.3 is 0 Å². The smallest absolute Gasteiger partial charge is 0.269 e. The van der Waals surface area contributed by atoms with Crippen LogP contribution in [0.4, 0.5) is 4.39 Å². The number of hydrogen-bond acceptors (Lipinski definition) is 4. The molecule has 2 N–H and O–H groups in total. The highest BCUT2D eigenvalue weighted by molar-refractivity contribution is 7.89. The maximum atomic E-state index is 13.4. The summed E-state index contributed by atoms with van der Waals surface area (Å²) in [5.41, 5.74) is 1.84. The molecule has 0 atom stereocenters. The molecular formula is C15H13FN2O4S. The molecule has 0 saturated carbocycles. The molecule has 0 aliphatic rings. The molecule has 0 spiro atoms. The van der Waals surface area contributed by atoms with E-state index in [0.29, 0.717) is 0 Å². The molecule has 2 aromatic carbocycles. The van der Waals surface area contributed by atoms with Gasteiger partial charge in [-0.15, -0.1) is 4.83 Å². The normalized spacial score (nSPS) is 11.0. The molecule has 2 aromatic rings. The Bertz CT molecular complexity index is 865. The van der Waals surface area contributed by atoms with E-state index in [1.165, 1.54) is 49.4 Å². The predicted molar refractivity (Wildman–Crippen MR) is 80.6 cm³/mol. The Morgan fingerprint density at radius 3 is 2.39 bits per heavy atom. The standard InChI is InChI=1S/C15H13FN2O4S/c1-10(19)11-5-4-6-12(9-11)23(21,22)18-17-15(20)13-7-2-3-8-14(13)16/h2-9,18H,1H3,(H,17,20). The third-order valence-corrected chi connectivity index (χ3v) is 4.21. The Balaban J connectivity index is 2.16. The van der Waals surface area contributed by atoms with Gasteiger partial charge in [-0.1, -0.05) is 24.3 Å². The summed E-state index contributed by atoms with van der Waals surface area (Å²) < 4.78 is 37.6. The third kappa shape index (κ3) is 3.99. The largest absolute Gasteiger partial charge is 0.295 e. The number of nitrogens with one attached hydrogen (secondary N) is 2. The van der Waals surface area contributed by atoms with E-state index in [2.05, 4.69) is 0 Å². The van der Waals surface area contributed by atoms with Crippen molar-refractivity contribution in [2.75, 3.05) is 0 Å². The molecule has 0 aliphatic carbocycles. The molecular weight excluding hydrogens is 323 g/mol. The number of sulfonamides is 1. The molecule has 0 heterocycles. The fourth-order valence-corrected chi connectivity index (χ4v) is 2.65. The van der Waals surface area contributed by atoms with Crippen LogP contribution in [-0.2, 0) is 10.0 Å². The number of halogens is 1. The number of benzene rings is 2. The average molecular weight is 336 g/mol. The number of carbonyl (C=O) groups is 2. The van der Waals surface area contributed by atoms with E-state index in [9.17, 15) is 22.4 Å². The topological polar surface area (TPSA) is 92.3 Å². The van der Waals surface area contributed by atoms with E-state index in [1.54, 1.807) is 0 Å². The van der Waals surface area contributed by atoms with E-state index < -0.39 is 21.7 Å². The second-order valence-corrected chi connectivity index (χ2v) is 6.31.